The first-order valence-corrected chi connectivity index (χ1v) is 12.8. The van der Waals surface area contributed by atoms with Crippen molar-refractivity contribution >= 4 is 40.0 Å². The van der Waals surface area contributed by atoms with E-state index in [-0.39, 0.29) is 11.5 Å². The molecule has 0 radical (unpaired) electrons. The lowest BCUT2D eigenvalue weighted by molar-refractivity contribution is 0.162. The molecule has 33 heavy (non-hydrogen) atoms. The Balaban J connectivity index is 2.01. The Morgan fingerprint density at radius 2 is 1.97 bits per heavy atom. The van der Waals surface area contributed by atoms with E-state index in [0.29, 0.717) is 28.6 Å². The van der Waals surface area contributed by atoms with Crippen LogP contribution >= 0.6 is 0 Å². The first-order chi connectivity index (χ1) is 15.5. The minimum absolute atomic E-state index is 0.143. The number of hydrogen-bond donors (Lipinski definition) is 1. The van der Waals surface area contributed by atoms with Crippen molar-refractivity contribution < 1.29 is 17.9 Å². The van der Waals surface area contributed by atoms with Crippen LogP contribution in [-0.2, 0) is 28.0 Å². The summed E-state index contributed by atoms with van der Waals surface area (Å²) in [6, 6.07) is 5.91. The van der Waals surface area contributed by atoms with Gasteiger partial charge in [-0.25, -0.2) is 18.2 Å². The van der Waals surface area contributed by atoms with Crippen molar-refractivity contribution in [2.45, 2.75) is 34.1 Å². The van der Waals surface area contributed by atoms with Crippen LogP contribution in [0.3, 0.4) is 0 Å². The summed E-state index contributed by atoms with van der Waals surface area (Å²) in [5.41, 5.74) is 2.78. The van der Waals surface area contributed by atoms with Crippen molar-refractivity contribution in [2.24, 2.45) is 7.05 Å². The van der Waals surface area contributed by atoms with Gasteiger partial charge in [-0.1, -0.05) is 6.58 Å². The maximum atomic E-state index is 12.3. The van der Waals surface area contributed by atoms with E-state index in [1.807, 2.05) is 36.7 Å². The number of aromatic nitrogens is 2. The first-order valence-electron chi connectivity index (χ1n) is 10.9. The molecule has 0 unspecified atom stereocenters. The fourth-order valence-corrected chi connectivity index (χ4v) is 3.64. The minimum atomic E-state index is -3.24. The van der Waals surface area contributed by atoms with Gasteiger partial charge in [0.15, 0.2) is 9.84 Å². The van der Waals surface area contributed by atoms with Crippen LogP contribution in [0.25, 0.3) is 12.7 Å². The van der Waals surface area contributed by atoms with Crippen molar-refractivity contribution in [1.82, 2.24) is 9.55 Å². The van der Waals surface area contributed by atoms with E-state index in [1.165, 1.54) is 13.0 Å². The Labute approximate surface area is 196 Å². The highest BCUT2D eigenvalue weighted by atomic mass is 32.2. The van der Waals surface area contributed by atoms with Crippen LogP contribution in [-0.4, -0.2) is 50.0 Å². The number of rotatable bonds is 9. The molecule has 2 aromatic rings. The number of aryl methyl sites for hydroxylation is 1. The number of imidazole rings is 1. The molecule has 0 saturated heterocycles. The molecule has 0 fully saturated rings. The summed E-state index contributed by atoms with van der Waals surface area (Å²) in [7, 11) is -1.43. The molecule has 1 aromatic carbocycles. The molecule has 0 aliphatic carbocycles. The highest BCUT2D eigenvalue weighted by Crippen LogP contribution is 2.22. The van der Waals surface area contributed by atoms with Crippen molar-refractivity contribution in [2.75, 3.05) is 36.2 Å². The predicted octanol–water partition coefficient (Wildman–Crippen LogP) is 2.51. The van der Waals surface area contributed by atoms with Gasteiger partial charge < -0.3 is 14.2 Å². The van der Waals surface area contributed by atoms with E-state index in [1.54, 1.807) is 6.08 Å². The topological polar surface area (TPSA) is 93.5 Å². The molecule has 1 N–H and O–H groups in total. The lowest BCUT2D eigenvalue weighted by Crippen LogP contribution is -2.27. The molecule has 8 nitrogen and oxygen atoms in total. The van der Waals surface area contributed by atoms with Gasteiger partial charge >= 0.3 is 6.09 Å². The molecule has 1 aromatic heterocycles. The van der Waals surface area contributed by atoms with Gasteiger partial charge in [-0.15, -0.1) is 0 Å². The molecule has 0 saturated carbocycles. The summed E-state index contributed by atoms with van der Waals surface area (Å²) in [6.45, 7) is 13.6. The lowest BCUT2D eigenvalue weighted by atomic mass is 10.1. The maximum Gasteiger partial charge on any atom is 0.411 e. The zero-order valence-corrected chi connectivity index (χ0v) is 21.1. The maximum absolute atomic E-state index is 12.3. The van der Waals surface area contributed by atoms with E-state index in [4.69, 9.17) is 4.74 Å². The largest absolute Gasteiger partial charge is 0.449 e. The van der Waals surface area contributed by atoms with Crippen molar-refractivity contribution in [3.63, 3.8) is 0 Å². The first kappa shape index (κ1) is 26.2. The van der Waals surface area contributed by atoms with Gasteiger partial charge in [0.25, 0.3) is 0 Å². The van der Waals surface area contributed by atoms with Crippen LogP contribution < -0.4 is 20.9 Å². The molecule has 0 aliphatic heterocycles. The third-order valence-electron chi connectivity index (χ3n) is 5.50. The molecule has 1 amide bonds. The van der Waals surface area contributed by atoms with Gasteiger partial charge in [-0.05, 0) is 63.6 Å². The number of amides is 1. The lowest BCUT2D eigenvalue weighted by Gasteiger charge is -2.22. The number of anilines is 2. The fourth-order valence-electron chi connectivity index (χ4n) is 3.33. The second kappa shape index (κ2) is 11.2. The summed E-state index contributed by atoms with van der Waals surface area (Å²) in [6.07, 6.45) is 4.23. The number of carbonyl (C=O) groups is 1. The summed E-state index contributed by atoms with van der Waals surface area (Å²) in [5.74, 6) is 0.684. The number of ether oxygens (including phenoxy) is 1. The highest BCUT2D eigenvalue weighted by Gasteiger charge is 2.10. The normalized spacial score (nSPS) is 12.7. The zero-order valence-electron chi connectivity index (χ0n) is 20.3. The predicted molar refractivity (Wildman–Crippen MR) is 134 cm³/mol. The van der Waals surface area contributed by atoms with Gasteiger partial charge in [-0.2, -0.15) is 0 Å². The molecule has 2 rings (SSSR count). The van der Waals surface area contributed by atoms with Crippen molar-refractivity contribution in [1.29, 1.82) is 0 Å². The Kier molecular flexibility index (Phi) is 8.87. The number of sulfone groups is 1. The summed E-state index contributed by atoms with van der Waals surface area (Å²) >= 11 is 0. The van der Waals surface area contributed by atoms with Crippen LogP contribution in [0.2, 0.25) is 0 Å². The Morgan fingerprint density at radius 1 is 1.30 bits per heavy atom. The van der Waals surface area contributed by atoms with E-state index < -0.39 is 15.9 Å². The number of hydrogen-bond acceptors (Lipinski definition) is 6. The SMILES string of the molecule is C=c1nc(CCOC(=O)Nc2ccc(N(CC)CC)cc2C)n(C)/c1=C/C=C(\C)S(C)(=O)=O. The van der Waals surface area contributed by atoms with Crippen LogP contribution in [0.1, 0.15) is 32.2 Å². The Bertz CT molecular complexity index is 1240. The number of benzene rings is 1. The van der Waals surface area contributed by atoms with E-state index in [2.05, 4.69) is 35.6 Å². The Hall–Kier alpha value is -3.07. The third-order valence-corrected chi connectivity index (χ3v) is 6.81. The van der Waals surface area contributed by atoms with Gasteiger partial charge in [-0.3, -0.25) is 5.32 Å². The monoisotopic (exact) mass is 474 g/mol. The van der Waals surface area contributed by atoms with Crippen LogP contribution in [0.4, 0.5) is 16.2 Å². The molecular weight excluding hydrogens is 440 g/mol. The Morgan fingerprint density at radius 3 is 2.55 bits per heavy atom. The molecule has 0 bridgehead atoms. The average molecular weight is 475 g/mol. The summed E-state index contributed by atoms with van der Waals surface area (Å²) in [5, 5.41) is 4.01. The number of nitrogens with one attached hydrogen (secondary N) is 1. The van der Waals surface area contributed by atoms with E-state index >= 15 is 0 Å². The number of nitrogens with zero attached hydrogens (tertiary/aromatic N) is 3. The summed E-state index contributed by atoms with van der Waals surface area (Å²) < 4.78 is 30.3. The van der Waals surface area contributed by atoms with Gasteiger partial charge in [0.2, 0.25) is 0 Å². The molecule has 0 atom stereocenters. The van der Waals surface area contributed by atoms with E-state index in [0.717, 1.165) is 30.6 Å². The smallest absolute Gasteiger partial charge is 0.411 e. The minimum Gasteiger partial charge on any atom is -0.449 e. The quantitative estimate of drug-likeness (QED) is 0.600. The standard InChI is InChI=1S/C24H34N4O4S/c1-8-28(9-2)20-11-12-21(17(3)16-20)26-24(29)32-15-14-23-25-19(5)22(27(23)6)13-10-18(4)33(7,30)31/h10-13,16H,5,8-9,14-15H2,1-4,6-7H3,(H,26,29)/b18-10+,22-13+. The van der Waals surface area contributed by atoms with Crippen LogP contribution in [0.15, 0.2) is 29.2 Å². The fraction of sp³-hybridized carbons (Fsp3) is 0.417. The summed E-state index contributed by atoms with van der Waals surface area (Å²) in [4.78, 5) is 19.2. The highest BCUT2D eigenvalue weighted by molar-refractivity contribution is 7.94. The molecule has 1 heterocycles. The molecule has 0 spiro atoms. The van der Waals surface area contributed by atoms with Gasteiger partial charge in [0.1, 0.15) is 12.4 Å². The molecular formula is C24H34N4O4S. The average Bonchev–Trinajstić information content (AvgIpc) is 3.01. The van der Waals surface area contributed by atoms with E-state index in [9.17, 15) is 13.2 Å². The van der Waals surface area contributed by atoms with Gasteiger partial charge in [0.05, 0.1) is 10.7 Å². The third kappa shape index (κ3) is 6.95. The van der Waals surface area contributed by atoms with Crippen LogP contribution in [0.5, 0.6) is 0 Å². The van der Waals surface area contributed by atoms with Crippen molar-refractivity contribution in [3.05, 3.63) is 51.3 Å². The molecule has 0 aliphatic rings. The number of allylic oxidation sites excluding steroid dienone is 2. The second-order valence-corrected chi connectivity index (χ2v) is 10.0. The van der Waals surface area contributed by atoms with Gasteiger partial charge in [0, 0.05) is 49.1 Å². The van der Waals surface area contributed by atoms with Crippen LogP contribution in [0, 0.1) is 6.92 Å². The molecule has 180 valence electrons. The zero-order chi connectivity index (χ0) is 24.8. The van der Waals surface area contributed by atoms with Crippen molar-refractivity contribution in [3.8, 4) is 0 Å². The number of carbonyl (C=O) groups excluding carboxylic acids is 1. The molecule has 9 heteroatoms. The second-order valence-electron chi connectivity index (χ2n) is 7.82.